The van der Waals surface area contributed by atoms with E-state index in [0.717, 1.165) is 17.7 Å². The smallest absolute Gasteiger partial charge is 0.416 e. The molecule has 224 valence electrons. The lowest BCUT2D eigenvalue weighted by Gasteiger charge is -2.30. The number of carbonyl (C=O) groups is 2. The van der Waals surface area contributed by atoms with Crippen LogP contribution in [0.15, 0.2) is 103 Å². The van der Waals surface area contributed by atoms with Gasteiger partial charge in [0.15, 0.2) is 11.5 Å². The summed E-state index contributed by atoms with van der Waals surface area (Å²) in [5.41, 5.74) is 1.75. The van der Waals surface area contributed by atoms with Crippen LogP contribution in [0, 0.1) is 0 Å². The summed E-state index contributed by atoms with van der Waals surface area (Å²) in [5, 5.41) is 0. The van der Waals surface area contributed by atoms with Crippen molar-refractivity contribution in [3.63, 3.8) is 0 Å². The number of alkyl halides is 3. The normalized spacial score (nSPS) is 11.9. The maximum atomic E-state index is 14.5. The van der Waals surface area contributed by atoms with Crippen molar-refractivity contribution in [1.82, 2.24) is 4.90 Å². The minimum atomic E-state index is -4.45. The highest BCUT2D eigenvalue weighted by atomic mass is 19.4. The fourth-order valence-corrected chi connectivity index (χ4v) is 4.81. The highest BCUT2D eigenvalue weighted by Crippen LogP contribution is 2.34. The third-order valence-electron chi connectivity index (χ3n) is 7.12. The molecule has 0 radical (unpaired) electrons. The number of anilines is 1. The van der Waals surface area contributed by atoms with Gasteiger partial charge in [-0.25, -0.2) is 0 Å². The molecule has 4 aromatic carbocycles. The molecule has 4 aromatic rings. The molecule has 0 aliphatic heterocycles. The van der Waals surface area contributed by atoms with Gasteiger partial charge in [0.25, 0.3) is 0 Å². The molecule has 4 rings (SSSR count). The second-order valence-corrected chi connectivity index (χ2v) is 10.00. The van der Waals surface area contributed by atoms with Gasteiger partial charge >= 0.3 is 6.18 Å². The van der Waals surface area contributed by atoms with Crippen molar-refractivity contribution < 1.29 is 32.2 Å². The Hall–Kier alpha value is -4.79. The first kappa shape index (κ1) is 31.2. The van der Waals surface area contributed by atoms with Crippen LogP contribution >= 0.6 is 0 Å². The molecule has 0 bridgehead atoms. The molecule has 43 heavy (non-hydrogen) atoms. The molecule has 0 fully saturated rings. The molecular weight excluding hydrogens is 557 g/mol. The largest absolute Gasteiger partial charge is 0.493 e. The summed E-state index contributed by atoms with van der Waals surface area (Å²) in [6.07, 6.45) is -4.21. The molecule has 9 heteroatoms. The van der Waals surface area contributed by atoms with E-state index in [1.165, 1.54) is 36.2 Å². The molecule has 0 saturated carbocycles. The van der Waals surface area contributed by atoms with Gasteiger partial charge in [-0.15, -0.1) is 0 Å². The lowest BCUT2D eigenvalue weighted by Crippen LogP contribution is -2.43. The van der Waals surface area contributed by atoms with E-state index >= 15 is 0 Å². The first-order chi connectivity index (χ1) is 20.6. The van der Waals surface area contributed by atoms with Crippen molar-refractivity contribution in [2.75, 3.05) is 32.7 Å². The number of benzene rings is 4. The number of ether oxygens (including phenoxy) is 2. The number of halogens is 3. The molecule has 0 saturated heterocycles. The summed E-state index contributed by atoms with van der Waals surface area (Å²) >= 11 is 0. The van der Waals surface area contributed by atoms with Gasteiger partial charge in [-0.05, 0) is 47.4 Å². The zero-order chi connectivity index (χ0) is 31.0. The molecule has 0 aromatic heterocycles. The second kappa shape index (κ2) is 13.9. The lowest BCUT2D eigenvalue weighted by molar-refractivity contribution is -0.138. The number of hydrogen-bond acceptors (Lipinski definition) is 4. The van der Waals surface area contributed by atoms with Gasteiger partial charge < -0.3 is 19.3 Å². The zero-order valence-corrected chi connectivity index (χ0v) is 24.2. The molecule has 6 nitrogen and oxygen atoms in total. The number of carbonyl (C=O) groups excluding carboxylic acids is 2. The van der Waals surface area contributed by atoms with Crippen molar-refractivity contribution in [2.45, 2.75) is 25.1 Å². The van der Waals surface area contributed by atoms with E-state index in [2.05, 4.69) is 0 Å². The number of nitrogens with zero attached hydrogens (tertiary/aromatic N) is 2. The number of hydrogen-bond donors (Lipinski definition) is 0. The molecule has 0 spiro atoms. The van der Waals surface area contributed by atoms with Crippen LogP contribution in [0.2, 0.25) is 0 Å². The molecule has 0 aliphatic rings. The SMILES string of the molecule is COc1ccc(N(CCc2ccc(C(F)(F)F)cc2)C(=O)C(C(=O)N(C)Cc2ccccc2)c2ccccc2)cc1OC. The van der Waals surface area contributed by atoms with Crippen LogP contribution in [0.1, 0.15) is 28.2 Å². The molecule has 0 aliphatic carbocycles. The third kappa shape index (κ3) is 7.74. The highest BCUT2D eigenvalue weighted by molar-refractivity contribution is 6.12. The molecule has 1 unspecified atom stereocenters. The van der Waals surface area contributed by atoms with Crippen LogP contribution in [0.3, 0.4) is 0 Å². The van der Waals surface area contributed by atoms with Crippen LogP contribution in [0.5, 0.6) is 11.5 Å². The molecule has 0 heterocycles. The van der Waals surface area contributed by atoms with Gasteiger partial charge in [0.2, 0.25) is 11.8 Å². The number of methoxy groups -OCH3 is 2. The number of rotatable bonds is 11. The first-order valence-electron chi connectivity index (χ1n) is 13.7. The second-order valence-electron chi connectivity index (χ2n) is 10.00. The van der Waals surface area contributed by atoms with Gasteiger partial charge in [-0.1, -0.05) is 72.8 Å². The zero-order valence-electron chi connectivity index (χ0n) is 24.2. The van der Waals surface area contributed by atoms with Crippen LogP contribution in [-0.2, 0) is 28.7 Å². The maximum Gasteiger partial charge on any atom is 0.416 e. The van der Waals surface area contributed by atoms with Crippen LogP contribution in [-0.4, -0.2) is 44.5 Å². The quantitative estimate of drug-likeness (QED) is 0.182. The van der Waals surface area contributed by atoms with E-state index in [9.17, 15) is 22.8 Å². The van der Waals surface area contributed by atoms with E-state index in [4.69, 9.17) is 9.47 Å². The number of amides is 2. The van der Waals surface area contributed by atoms with Crippen LogP contribution in [0.4, 0.5) is 18.9 Å². The predicted molar refractivity (Wildman–Crippen MR) is 159 cm³/mol. The topological polar surface area (TPSA) is 59.1 Å². The Labute approximate surface area is 249 Å². The van der Waals surface area contributed by atoms with E-state index in [-0.39, 0.29) is 18.9 Å². The molecule has 2 amide bonds. The van der Waals surface area contributed by atoms with Crippen molar-refractivity contribution >= 4 is 17.5 Å². The van der Waals surface area contributed by atoms with Crippen molar-refractivity contribution in [1.29, 1.82) is 0 Å². The minimum Gasteiger partial charge on any atom is -0.493 e. The van der Waals surface area contributed by atoms with Gasteiger partial charge in [-0.3, -0.25) is 9.59 Å². The van der Waals surface area contributed by atoms with Gasteiger partial charge in [0.05, 0.1) is 19.8 Å². The summed E-state index contributed by atoms with van der Waals surface area (Å²) in [7, 11) is 4.63. The molecule has 0 N–H and O–H groups in total. The van der Waals surface area contributed by atoms with Crippen LogP contribution < -0.4 is 14.4 Å². The lowest BCUT2D eigenvalue weighted by atomic mass is 9.95. The summed E-state index contributed by atoms with van der Waals surface area (Å²) in [5.74, 6) is -1.19. The van der Waals surface area contributed by atoms with Gasteiger partial charge in [0.1, 0.15) is 5.92 Å². The maximum absolute atomic E-state index is 14.5. The fraction of sp³-hybridized carbons (Fsp3) is 0.235. The van der Waals surface area contributed by atoms with E-state index in [1.807, 2.05) is 30.3 Å². The average molecular weight is 591 g/mol. The Bertz CT molecular complexity index is 1510. The van der Waals surface area contributed by atoms with Crippen molar-refractivity contribution in [3.8, 4) is 11.5 Å². The molecular formula is C34H33F3N2O4. The fourth-order valence-electron chi connectivity index (χ4n) is 4.81. The Morgan fingerprint density at radius 1 is 0.744 bits per heavy atom. The summed E-state index contributed by atoms with van der Waals surface area (Å²) in [6, 6.07) is 28.1. The third-order valence-corrected chi connectivity index (χ3v) is 7.12. The Kier molecular flexibility index (Phi) is 10.1. The van der Waals surface area contributed by atoms with E-state index < -0.39 is 23.6 Å². The van der Waals surface area contributed by atoms with Gasteiger partial charge in [-0.2, -0.15) is 13.2 Å². The predicted octanol–water partition coefficient (Wildman–Crippen LogP) is 6.74. The first-order valence-corrected chi connectivity index (χ1v) is 13.7. The minimum absolute atomic E-state index is 0.0959. The Morgan fingerprint density at radius 2 is 1.35 bits per heavy atom. The summed E-state index contributed by atoms with van der Waals surface area (Å²) < 4.78 is 50.2. The summed E-state index contributed by atoms with van der Waals surface area (Å²) in [6.45, 7) is 0.400. The Balaban J connectivity index is 1.71. The molecule has 1 atom stereocenters. The standard InChI is InChI=1S/C34H33F3N2O4/c1-38(23-25-10-6-4-7-11-25)32(40)31(26-12-8-5-9-13-26)33(41)39(28-18-19-29(42-2)30(22-28)43-3)21-20-24-14-16-27(17-15-24)34(35,36)37/h4-19,22,31H,20-21,23H2,1-3H3. The van der Waals surface area contributed by atoms with E-state index in [0.29, 0.717) is 34.9 Å². The monoisotopic (exact) mass is 590 g/mol. The van der Waals surface area contributed by atoms with Crippen molar-refractivity contribution in [3.05, 3.63) is 125 Å². The highest BCUT2D eigenvalue weighted by Gasteiger charge is 2.35. The summed E-state index contributed by atoms with van der Waals surface area (Å²) in [4.78, 5) is 31.4. The van der Waals surface area contributed by atoms with Crippen molar-refractivity contribution in [2.24, 2.45) is 0 Å². The number of likely N-dealkylation sites (N-methyl/N-ethyl adjacent to an activating group) is 1. The average Bonchev–Trinajstić information content (AvgIpc) is 3.02. The Morgan fingerprint density at radius 3 is 1.93 bits per heavy atom. The van der Waals surface area contributed by atoms with Gasteiger partial charge in [0, 0.05) is 31.9 Å². The van der Waals surface area contributed by atoms with Crippen LogP contribution in [0.25, 0.3) is 0 Å². The van der Waals surface area contributed by atoms with E-state index in [1.54, 1.807) is 55.6 Å².